The first-order valence-corrected chi connectivity index (χ1v) is 5.33. The van der Waals surface area contributed by atoms with Gasteiger partial charge in [-0.1, -0.05) is 19.9 Å². The Morgan fingerprint density at radius 3 is 2.69 bits per heavy atom. The lowest BCUT2D eigenvalue weighted by molar-refractivity contribution is 0.477. The molecule has 0 saturated carbocycles. The third kappa shape index (κ3) is 3.19. The van der Waals surface area contributed by atoms with Crippen molar-refractivity contribution in [1.29, 1.82) is 0 Å². The van der Waals surface area contributed by atoms with Crippen molar-refractivity contribution < 1.29 is 5.11 Å². The number of aromatic hydroxyl groups is 1. The summed E-state index contributed by atoms with van der Waals surface area (Å²) in [6, 6.07) is 5.42. The van der Waals surface area contributed by atoms with Crippen LogP contribution >= 0.6 is 11.8 Å². The van der Waals surface area contributed by atoms with Gasteiger partial charge in [-0.2, -0.15) is 11.8 Å². The van der Waals surface area contributed by atoms with Gasteiger partial charge in [0.25, 0.3) is 0 Å². The number of anilines is 1. The predicted octanol–water partition coefficient (Wildman–Crippen LogP) is 2.62. The van der Waals surface area contributed by atoms with Crippen molar-refractivity contribution in [3.05, 3.63) is 23.8 Å². The van der Waals surface area contributed by atoms with Crippen molar-refractivity contribution in [2.24, 2.45) is 0 Å². The van der Waals surface area contributed by atoms with Gasteiger partial charge in [-0.05, 0) is 22.9 Å². The van der Waals surface area contributed by atoms with E-state index >= 15 is 0 Å². The van der Waals surface area contributed by atoms with E-state index < -0.39 is 0 Å². The number of phenols is 1. The van der Waals surface area contributed by atoms with Gasteiger partial charge in [0.1, 0.15) is 5.75 Å². The third-order valence-electron chi connectivity index (χ3n) is 1.68. The van der Waals surface area contributed by atoms with Gasteiger partial charge in [0.15, 0.2) is 0 Å². The molecule has 0 bridgehead atoms. The molecule has 13 heavy (non-hydrogen) atoms. The molecular formula is C10H15NOS. The summed E-state index contributed by atoms with van der Waals surface area (Å²) < 4.78 is 0. The second kappa shape index (κ2) is 4.42. The Balaban J connectivity index is 2.63. The van der Waals surface area contributed by atoms with Crippen LogP contribution in [0.15, 0.2) is 18.2 Å². The van der Waals surface area contributed by atoms with Crippen LogP contribution in [0.1, 0.15) is 19.4 Å². The molecule has 0 aliphatic rings. The normalized spacial score (nSPS) is 10.7. The SMILES string of the molecule is CC(C)SCc1ccc(N)c(O)c1. The molecule has 0 fully saturated rings. The van der Waals surface area contributed by atoms with Crippen molar-refractivity contribution in [3.63, 3.8) is 0 Å². The highest BCUT2D eigenvalue weighted by Gasteiger charge is 2.00. The van der Waals surface area contributed by atoms with Gasteiger partial charge < -0.3 is 10.8 Å². The molecule has 2 nitrogen and oxygen atoms in total. The number of rotatable bonds is 3. The summed E-state index contributed by atoms with van der Waals surface area (Å²) in [4.78, 5) is 0. The Morgan fingerprint density at radius 2 is 2.15 bits per heavy atom. The fourth-order valence-corrected chi connectivity index (χ4v) is 1.65. The van der Waals surface area contributed by atoms with Crippen molar-refractivity contribution in [1.82, 2.24) is 0 Å². The first-order chi connectivity index (χ1) is 6.09. The smallest absolute Gasteiger partial charge is 0.138 e. The maximum Gasteiger partial charge on any atom is 0.138 e. The third-order valence-corrected chi connectivity index (χ3v) is 2.84. The lowest BCUT2D eigenvalue weighted by Crippen LogP contribution is -1.90. The van der Waals surface area contributed by atoms with Gasteiger partial charge in [-0.25, -0.2) is 0 Å². The predicted molar refractivity (Wildman–Crippen MR) is 59.0 cm³/mol. The van der Waals surface area contributed by atoms with Crippen LogP contribution in [0.4, 0.5) is 5.69 Å². The van der Waals surface area contributed by atoms with Crippen molar-refractivity contribution in [3.8, 4) is 5.75 Å². The van der Waals surface area contributed by atoms with Crippen LogP contribution in [-0.4, -0.2) is 10.4 Å². The first-order valence-electron chi connectivity index (χ1n) is 4.28. The zero-order chi connectivity index (χ0) is 9.84. The maximum atomic E-state index is 9.33. The Labute approximate surface area is 83.1 Å². The van der Waals surface area contributed by atoms with Gasteiger partial charge in [0, 0.05) is 5.75 Å². The zero-order valence-corrected chi connectivity index (χ0v) is 8.77. The lowest BCUT2D eigenvalue weighted by Gasteiger charge is -2.06. The maximum absolute atomic E-state index is 9.33. The molecule has 0 amide bonds. The van der Waals surface area contributed by atoms with Crippen molar-refractivity contribution in [2.45, 2.75) is 24.9 Å². The largest absolute Gasteiger partial charge is 0.506 e. The van der Waals surface area contributed by atoms with E-state index in [4.69, 9.17) is 5.73 Å². The molecule has 1 aromatic carbocycles. The summed E-state index contributed by atoms with van der Waals surface area (Å²) in [5.41, 5.74) is 7.05. The molecule has 0 unspecified atom stereocenters. The minimum atomic E-state index is 0.182. The number of nitrogens with two attached hydrogens (primary N) is 1. The van der Waals surface area contributed by atoms with Gasteiger partial charge >= 0.3 is 0 Å². The molecule has 0 atom stereocenters. The Kier molecular flexibility index (Phi) is 3.48. The van der Waals surface area contributed by atoms with Crippen LogP contribution in [0.25, 0.3) is 0 Å². The monoisotopic (exact) mass is 197 g/mol. The standard InChI is InChI=1S/C10H15NOS/c1-7(2)13-6-8-3-4-9(11)10(12)5-8/h3-5,7,12H,6,11H2,1-2H3. The molecule has 72 valence electrons. The average Bonchev–Trinajstić information content (AvgIpc) is 2.07. The number of hydrogen-bond donors (Lipinski definition) is 2. The molecule has 0 heterocycles. The van der Waals surface area contributed by atoms with Gasteiger partial charge in [-0.3, -0.25) is 0 Å². The van der Waals surface area contributed by atoms with Crippen LogP contribution in [0.2, 0.25) is 0 Å². The van der Waals surface area contributed by atoms with E-state index in [1.165, 1.54) is 0 Å². The Morgan fingerprint density at radius 1 is 1.46 bits per heavy atom. The summed E-state index contributed by atoms with van der Waals surface area (Å²) in [6.07, 6.45) is 0. The molecule has 0 saturated heterocycles. The number of phenolic OH excluding ortho intramolecular Hbond substituents is 1. The molecule has 0 aliphatic carbocycles. The fourth-order valence-electron chi connectivity index (χ4n) is 0.942. The van der Waals surface area contributed by atoms with Gasteiger partial charge in [-0.15, -0.1) is 0 Å². The molecule has 0 aromatic heterocycles. The fraction of sp³-hybridized carbons (Fsp3) is 0.400. The molecule has 3 heteroatoms. The highest BCUT2D eigenvalue weighted by molar-refractivity contribution is 7.99. The van der Waals surface area contributed by atoms with Crippen LogP contribution in [0, 0.1) is 0 Å². The molecule has 0 radical (unpaired) electrons. The number of thioether (sulfide) groups is 1. The van der Waals surface area contributed by atoms with Crippen molar-refractivity contribution in [2.75, 3.05) is 5.73 Å². The molecule has 1 rings (SSSR count). The molecule has 3 N–H and O–H groups in total. The summed E-state index contributed by atoms with van der Waals surface area (Å²) in [5, 5.41) is 9.94. The minimum absolute atomic E-state index is 0.182. The lowest BCUT2D eigenvalue weighted by atomic mass is 10.2. The van der Waals surface area contributed by atoms with E-state index in [0.29, 0.717) is 10.9 Å². The molecule has 0 aliphatic heterocycles. The van der Waals surface area contributed by atoms with Gasteiger partial charge in [0.2, 0.25) is 0 Å². The Hall–Kier alpha value is -0.830. The van der Waals surface area contributed by atoms with E-state index in [2.05, 4.69) is 13.8 Å². The second-order valence-electron chi connectivity index (χ2n) is 3.25. The zero-order valence-electron chi connectivity index (χ0n) is 7.95. The van der Waals surface area contributed by atoms with Crippen LogP contribution in [0.5, 0.6) is 5.75 Å². The van der Waals surface area contributed by atoms with Gasteiger partial charge in [0.05, 0.1) is 5.69 Å². The summed E-state index contributed by atoms with van der Waals surface area (Å²) >= 11 is 1.85. The highest BCUT2D eigenvalue weighted by atomic mass is 32.2. The van der Waals surface area contributed by atoms with Crippen molar-refractivity contribution >= 4 is 17.4 Å². The van der Waals surface area contributed by atoms with E-state index in [-0.39, 0.29) is 5.75 Å². The first kappa shape index (κ1) is 10.3. The number of nitrogen functional groups attached to an aromatic ring is 1. The highest BCUT2D eigenvalue weighted by Crippen LogP contribution is 2.24. The number of benzene rings is 1. The second-order valence-corrected chi connectivity index (χ2v) is 4.82. The van der Waals surface area contributed by atoms with E-state index in [1.54, 1.807) is 12.1 Å². The molecule has 0 spiro atoms. The summed E-state index contributed by atoms with van der Waals surface area (Å²) in [7, 11) is 0. The molecular weight excluding hydrogens is 182 g/mol. The quantitative estimate of drug-likeness (QED) is 0.578. The molecule has 1 aromatic rings. The van der Waals surface area contributed by atoms with E-state index in [0.717, 1.165) is 11.3 Å². The summed E-state index contributed by atoms with van der Waals surface area (Å²) in [5.74, 6) is 1.10. The van der Waals surface area contributed by atoms with E-state index in [1.807, 2.05) is 17.8 Å². The topological polar surface area (TPSA) is 46.2 Å². The summed E-state index contributed by atoms with van der Waals surface area (Å²) in [6.45, 7) is 4.31. The van der Waals surface area contributed by atoms with Crippen LogP contribution in [-0.2, 0) is 5.75 Å². The van der Waals surface area contributed by atoms with Crippen LogP contribution < -0.4 is 5.73 Å². The number of hydrogen-bond acceptors (Lipinski definition) is 3. The average molecular weight is 197 g/mol. The van der Waals surface area contributed by atoms with Crippen LogP contribution in [0.3, 0.4) is 0 Å². The van der Waals surface area contributed by atoms with E-state index in [9.17, 15) is 5.11 Å². The minimum Gasteiger partial charge on any atom is -0.506 e. The Bertz CT molecular complexity index is 286.